The first-order chi connectivity index (χ1) is 15.7. The van der Waals surface area contributed by atoms with Crippen LogP contribution in [0.5, 0.6) is 0 Å². The molecule has 1 N–H and O–H groups in total. The fourth-order valence-corrected chi connectivity index (χ4v) is 4.83. The summed E-state index contributed by atoms with van der Waals surface area (Å²) in [6, 6.07) is 20.6. The summed E-state index contributed by atoms with van der Waals surface area (Å²) >= 11 is 0. The summed E-state index contributed by atoms with van der Waals surface area (Å²) in [5, 5.41) is 4.67. The van der Waals surface area contributed by atoms with Gasteiger partial charge >= 0.3 is 0 Å². The smallest absolute Gasteiger partial charge is 0.177 e. The van der Waals surface area contributed by atoms with Gasteiger partial charge in [-0.25, -0.2) is 0 Å². The van der Waals surface area contributed by atoms with Gasteiger partial charge in [-0.2, -0.15) is 5.10 Å². The highest BCUT2D eigenvalue weighted by Crippen LogP contribution is 2.28. The number of nitrogens with one attached hydrogen (secondary N) is 1. The first-order valence-corrected chi connectivity index (χ1v) is 11.8. The molecule has 0 saturated carbocycles. The second-order valence-corrected chi connectivity index (χ2v) is 8.82. The lowest BCUT2D eigenvalue weighted by atomic mass is 9.83. The molecule has 32 heavy (non-hydrogen) atoms. The van der Waals surface area contributed by atoms with E-state index in [0.717, 1.165) is 57.7 Å². The molecule has 0 bridgehead atoms. The Balaban J connectivity index is 1.49. The SMILES string of the molecule is CC(=O)/C(=N\Nc1ccccc1)C(C1CC=CCC1)N1CCN(Cc2ccccc2)CC1. The molecular weight excluding hydrogens is 396 g/mol. The molecule has 2 aliphatic rings. The fraction of sp³-hybridized carbons (Fsp3) is 0.407. The van der Waals surface area contributed by atoms with Crippen LogP contribution in [0.25, 0.3) is 0 Å². The third-order valence-corrected chi connectivity index (χ3v) is 6.53. The first kappa shape index (κ1) is 22.4. The number of carbonyl (C=O) groups excluding carboxylic acids is 1. The van der Waals surface area contributed by atoms with Crippen molar-refractivity contribution in [1.29, 1.82) is 0 Å². The van der Waals surface area contributed by atoms with Crippen molar-refractivity contribution in [3.8, 4) is 0 Å². The van der Waals surface area contributed by atoms with E-state index < -0.39 is 0 Å². The van der Waals surface area contributed by atoms with E-state index in [1.165, 1.54) is 5.56 Å². The zero-order valence-electron chi connectivity index (χ0n) is 19.0. The number of nitrogens with zero attached hydrogens (tertiary/aromatic N) is 3. The van der Waals surface area contributed by atoms with Crippen molar-refractivity contribution in [3.63, 3.8) is 0 Å². The van der Waals surface area contributed by atoms with Crippen LogP contribution in [-0.2, 0) is 11.3 Å². The molecule has 1 aliphatic carbocycles. The van der Waals surface area contributed by atoms with Crippen LogP contribution in [0.3, 0.4) is 0 Å². The number of ketones is 1. The lowest BCUT2D eigenvalue weighted by Gasteiger charge is -2.42. The quantitative estimate of drug-likeness (QED) is 0.378. The number of allylic oxidation sites excluding steroid dienone is 2. The highest BCUT2D eigenvalue weighted by atomic mass is 16.1. The van der Waals surface area contributed by atoms with Crippen LogP contribution in [0, 0.1) is 5.92 Å². The van der Waals surface area contributed by atoms with Gasteiger partial charge in [0.2, 0.25) is 0 Å². The van der Waals surface area contributed by atoms with Gasteiger partial charge in [-0.3, -0.25) is 20.0 Å². The van der Waals surface area contributed by atoms with E-state index in [2.05, 4.69) is 62.8 Å². The normalized spacial score (nSPS) is 21.3. The maximum Gasteiger partial charge on any atom is 0.177 e. The summed E-state index contributed by atoms with van der Waals surface area (Å²) in [6.45, 7) is 6.55. The minimum Gasteiger partial charge on any atom is -0.297 e. The standard InChI is InChI=1S/C27H34N4O/c1-22(32)26(29-28-25-15-9-4-10-16-25)27(24-13-7-3-8-14-24)31-19-17-30(18-20-31)21-23-11-5-2-6-12-23/h2-7,9-12,15-16,24,27-28H,8,13-14,17-21H2,1H3/b29-26+. The van der Waals surface area contributed by atoms with Gasteiger partial charge in [-0.15, -0.1) is 0 Å². The second kappa shape index (κ2) is 11.2. The van der Waals surface area contributed by atoms with Crippen molar-refractivity contribution in [2.75, 3.05) is 31.6 Å². The van der Waals surface area contributed by atoms with Crippen molar-refractivity contribution in [2.45, 2.75) is 38.8 Å². The van der Waals surface area contributed by atoms with E-state index in [4.69, 9.17) is 0 Å². The van der Waals surface area contributed by atoms with Crippen molar-refractivity contribution in [3.05, 3.63) is 78.4 Å². The van der Waals surface area contributed by atoms with Crippen molar-refractivity contribution >= 4 is 17.2 Å². The van der Waals surface area contributed by atoms with Gasteiger partial charge in [0, 0.05) is 39.6 Å². The van der Waals surface area contributed by atoms with Gasteiger partial charge < -0.3 is 0 Å². The molecule has 1 aliphatic heterocycles. The largest absolute Gasteiger partial charge is 0.297 e. The Hall–Kier alpha value is -2.76. The van der Waals surface area contributed by atoms with Gasteiger partial charge in [0.25, 0.3) is 0 Å². The lowest BCUT2D eigenvalue weighted by molar-refractivity contribution is -0.111. The summed E-state index contributed by atoms with van der Waals surface area (Å²) in [5.74, 6) is 0.473. The Morgan fingerprint density at radius 3 is 2.31 bits per heavy atom. The molecule has 2 aromatic rings. The highest BCUT2D eigenvalue weighted by molar-refractivity contribution is 6.41. The van der Waals surface area contributed by atoms with Gasteiger partial charge in [-0.1, -0.05) is 60.7 Å². The third kappa shape index (κ3) is 5.93. The Labute approximate surface area is 191 Å². The molecule has 0 radical (unpaired) electrons. The minimum atomic E-state index is 0.0486. The number of rotatable bonds is 8. The number of hydrazone groups is 1. The molecule has 1 saturated heterocycles. The van der Waals surface area contributed by atoms with Crippen molar-refractivity contribution in [2.24, 2.45) is 11.0 Å². The van der Waals surface area contributed by atoms with Gasteiger partial charge in [0.1, 0.15) is 5.71 Å². The van der Waals surface area contributed by atoms with Gasteiger partial charge in [-0.05, 0) is 42.9 Å². The Morgan fingerprint density at radius 1 is 1.00 bits per heavy atom. The van der Waals surface area contributed by atoms with E-state index >= 15 is 0 Å². The molecule has 168 valence electrons. The summed E-state index contributed by atoms with van der Waals surface area (Å²) in [7, 11) is 0. The maximum atomic E-state index is 12.8. The molecule has 4 rings (SSSR count). The van der Waals surface area contributed by atoms with E-state index in [1.807, 2.05) is 30.3 Å². The number of para-hydroxylation sites is 1. The van der Waals surface area contributed by atoms with Gasteiger partial charge in [0.15, 0.2) is 5.78 Å². The molecule has 0 spiro atoms. The van der Waals surface area contributed by atoms with Crippen LogP contribution in [0.2, 0.25) is 0 Å². The van der Waals surface area contributed by atoms with Crippen LogP contribution >= 0.6 is 0 Å². The number of piperazine rings is 1. The molecule has 1 heterocycles. The Bertz CT molecular complexity index is 917. The van der Waals surface area contributed by atoms with Crippen LogP contribution in [-0.4, -0.2) is 53.5 Å². The van der Waals surface area contributed by atoms with E-state index in [0.29, 0.717) is 11.6 Å². The number of hydrogen-bond acceptors (Lipinski definition) is 5. The second-order valence-electron chi connectivity index (χ2n) is 8.82. The van der Waals surface area contributed by atoms with Crippen LogP contribution in [0.15, 0.2) is 77.9 Å². The number of hydrogen-bond donors (Lipinski definition) is 1. The number of anilines is 1. The predicted octanol–water partition coefficient (Wildman–Crippen LogP) is 4.59. The highest BCUT2D eigenvalue weighted by Gasteiger charge is 2.35. The molecule has 0 amide bonds. The zero-order valence-corrected chi connectivity index (χ0v) is 19.0. The number of benzene rings is 2. The molecule has 2 unspecified atom stereocenters. The minimum absolute atomic E-state index is 0.0486. The average molecular weight is 431 g/mol. The fourth-order valence-electron chi connectivity index (χ4n) is 4.83. The first-order valence-electron chi connectivity index (χ1n) is 11.8. The van der Waals surface area contributed by atoms with E-state index in [-0.39, 0.29) is 11.8 Å². The van der Waals surface area contributed by atoms with Crippen LogP contribution in [0.4, 0.5) is 5.69 Å². The maximum absolute atomic E-state index is 12.8. The zero-order chi connectivity index (χ0) is 22.2. The summed E-state index contributed by atoms with van der Waals surface area (Å²) in [5.41, 5.74) is 6.05. The van der Waals surface area contributed by atoms with Crippen molar-refractivity contribution in [1.82, 2.24) is 9.80 Å². The van der Waals surface area contributed by atoms with Crippen molar-refractivity contribution < 1.29 is 4.79 Å². The monoisotopic (exact) mass is 430 g/mol. The molecular formula is C27H34N4O. The molecule has 5 heteroatoms. The number of Topliss-reactive ketones (excluding diaryl/α,β-unsaturated/α-hetero) is 1. The summed E-state index contributed by atoms with van der Waals surface area (Å²) < 4.78 is 0. The summed E-state index contributed by atoms with van der Waals surface area (Å²) in [4.78, 5) is 17.8. The van der Waals surface area contributed by atoms with E-state index in [9.17, 15) is 4.79 Å². The molecule has 0 aromatic heterocycles. The van der Waals surface area contributed by atoms with Crippen LogP contribution < -0.4 is 5.43 Å². The number of carbonyl (C=O) groups is 1. The van der Waals surface area contributed by atoms with Crippen LogP contribution in [0.1, 0.15) is 31.7 Å². The predicted molar refractivity (Wildman–Crippen MR) is 132 cm³/mol. The molecule has 5 nitrogen and oxygen atoms in total. The Morgan fingerprint density at radius 2 is 1.69 bits per heavy atom. The van der Waals surface area contributed by atoms with Gasteiger partial charge in [0.05, 0.1) is 11.7 Å². The lowest BCUT2D eigenvalue weighted by Crippen LogP contribution is -2.56. The topological polar surface area (TPSA) is 47.9 Å². The Kier molecular flexibility index (Phi) is 7.86. The third-order valence-electron chi connectivity index (χ3n) is 6.53. The molecule has 1 fully saturated rings. The van der Waals surface area contributed by atoms with E-state index in [1.54, 1.807) is 6.92 Å². The average Bonchev–Trinajstić information content (AvgIpc) is 2.84. The molecule has 2 aromatic carbocycles. The molecule has 2 atom stereocenters. The summed E-state index contributed by atoms with van der Waals surface area (Å²) in [6.07, 6.45) is 7.72.